The summed E-state index contributed by atoms with van der Waals surface area (Å²) in [6.07, 6.45) is 3.64. The van der Waals surface area contributed by atoms with Crippen LogP contribution in [-0.2, 0) is 0 Å². The fraction of sp³-hybridized carbons (Fsp3) is 0.200. The number of hydrogen-bond acceptors (Lipinski definition) is 3. The Balaban J connectivity index is 1.93. The molecule has 0 fully saturated rings. The molecule has 2 heterocycles. The first-order valence-corrected chi connectivity index (χ1v) is 9.83. The van der Waals surface area contributed by atoms with Crippen molar-refractivity contribution in [2.45, 2.75) is 33.7 Å². The van der Waals surface area contributed by atoms with Crippen molar-refractivity contribution in [2.75, 3.05) is 5.32 Å². The van der Waals surface area contributed by atoms with E-state index in [1.807, 2.05) is 36.5 Å². The van der Waals surface area contributed by atoms with Crippen molar-refractivity contribution in [3.63, 3.8) is 0 Å². The maximum absolute atomic E-state index is 11.1. The minimum Gasteiger partial charge on any atom is -0.505 e. The fourth-order valence-corrected chi connectivity index (χ4v) is 4.15. The van der Waals surface area contributed by atoms with Gasteiger partial charge in [-0.2, -0.15) is 0 Å². The Labute approximate surface area is 171 Å². The lowest BCUT2D eigenvalue weighted by atomic mass is 9.89. The van der Waals surface area contributed by atoms with Crippen LogP contribution < -0.4 is 10.3 Å². The number of aromatic nitrogens is 2. The second-order valence-corrected chi connectivity index (χ2v) is 7.75. The molecule has 4 rings (SSSR count). The summed E-state index contributed by atoms with van der Waals surface area (Å²) in [6.45, 7) is 8.42. The molecule has 29 heavy (non-hydrogen) atoms. The van der Waals surface area contributed by atoms with Gasteiger partial charge in [-0.1, -0.05) is 29.8 Å². The van der Waals surface area contributed by atoms with Crippen LogP contribution in [0.1, 0.15) is 39.4 Å². The van der Waals surface area contributed by atoms with E-state index in [9.17, 15) is 5.11 Å². The molecule has 4 heteroatoms. The van der Waals surface area contributed by atoms with Crippen LogP contribution in [0.5, 0.6) is 5.75 Å². The largest absolute Gasteiger partial charge is 0.505 e. The van der Waals surface area contributed by atoms with Gasteiger partial charge in [0.1, 0.15) is 17.3 Å². The number of fused-ring (bicyclic) bond motifs is 1. The van der Waals surface area contributed by atoms with Crippen LogP contribution in [0.25, 0.3) is 10.9 Å². The first-order chi connectivity index (χ1) is 13.9. The lowest BCUT2D eigenvalue weighted by molar-refractivity contribution is -0.361. The number of phenols is 1. The van der Waals surface area contributed by atoms with Crippen LogP contribution in [0.3, 0.4) is 0 Å². The number of aryl methyl sites for hydroxylation is 4. The molecule has 0 bridgehead atoms. The molecule has 0 unspecified atom stereocenters. The van der Waals surface area contributed by atoms with Crippen LogP contribution in [0.2, 0.25) is 0 Å². The fourth-order valence-electron chi connectivity index (χ4n) is 4.15. The average molecular weight is 385 g/mol. The topological polar surface area (TPSA) is 59.3 Å². The molecule has 3 N–H and O–H groups in total. The van der Waals surface area contributed by atoms with E-state index in [2.05, 4.69) is 61.2 Å². The second-order valence-electron chi connectivity index (χ2n) is 7.75. The zero-order valence-electron chi connectivity index (χ0n) is 17.2. The summed E-state index contributed by atoms with van der Waals surface area (Å²) in [6, 6.07) is 16.1. The lowest BCUT2D eigenvalue weighted by Gasteiger charge is -2.22. The smallest absolute Gasteiger partial charge is 0.273 e. The van der Waals surface area contributed by atoms with Gasteiger partial charge in [0.05, 0.1) is 6.20 Å². The predicted molar refractivity (Wildman–Crippen MR) is 117 cm³/mol. The molecule has 0 amide bonds. The number of anilines is 1. The van der Waals surface area contributed by atoms with Crippen molar-refractivity contribution in [1.82, 2.24) is 4.98 Å². The molecular weight excluding hydrogens is 358 g/mol. The van der Waals surface area contributed by atoms with Crippen molar-refractivity contribution in [2.24, 2.45) is 0 Å². The molecule has 4 aromatic rings. The van der Waals surface area contributed by atoms with Gasteiger partial charge in [0.2, 0.25) is 0 Å². The first kappa shape index (κ1) is 18.9. The average Bonchev–Trinajstić information content (AvgIpc) is 2.67. The minimum absolute atomic E-state index is 0.215. The molecule has 0 aliphatic rings. The molecule has 2 aromatic carbocycles. The van der Waals surface area contributed by atoms with Gasteiger partial charge in [0, 0.05) is 28.8 Å². The number of phenolic OH excluding ortho intramolecular Hbond substituents is 1. The van der Waals surface area contributed by atoms with Gasteiger partial charge in [0.25, 0.3) is 5.82 Å². The number of pyridine rings is 2. The SMILES string of the molecule is Cc1cc[nH+]c(N[C@@H](c2ccc3cccnc3c2O)c2c(C)cc(C)cc2C)c1. The maximum atomic E-state index is 11.1. The number of nitrogens with one attached hydrogen (secondary N) is 2. The van der Waals surface area contributed by atoms with Crippen LogP contribution in [0.15, 0.2) is 60.9 Å². The molecule has 0 saturated carbocycles. The highest BCUT2D eigenvalue weighted by atomic mass is 16.3. The van der Waals surface area contributed by atoms with E-state index < -0.39 is 0 Å². The molecule has 2 aromatic heterocycles. The Morgan fingerprint density at radius 3 is 2.41 bits per heavy atom. The summed E-state index contributed by atoms with van der Waals surface area (Å²) in [5, 5.41) is 15.7. The monoisotopic (exact) mass is 384 g/mol. The molecule has 0 aliphatic heterocycles. The standard InChI is InChI=1S/C25H25N3O/c1-15-9-11-26-21(14-15)28-24(22-17(3)12-16(2)13-18(22)4)20-8-7-19-6-5-10-27-23(19)25(20)29/h5-14,24,29H,1-4H3,(H,26,28)/p+1/t24-/m0/s1. The molecule has 0 spiro atoms. The number of hydrogen-bond donors (Lipinski definition) is 2. The second kappa shape index (κ2) is 7.55. The zero-order valence-corrected chi connectivity index (χ0v) is 17.2. The van der Waals surface area contributed by atoms with E-state index in [0.29, 0.717) is 5.52 Å². The number of nitrogens with zero attached hydrogens (tertiary/aromatic N) is 1. The molecule has 0 saturated heterocycles. The van der Waals surface area contributed by atoms with Gasteiger partial charge in [-0.05, 0) is 62.6 Å². The number of benzene rings is 2. The molecular formula is C25H26N3O+. The van der Waals surface area contributed by atoms with Crippen molar-refractivity contribution in [3.05, 3.63) is 94.3 Å². The number of rotatable bonds is 4. The summed E-state index contributed by atoms with van der Waals surface area (Å²) in [4.78, 5) is 7.69. The van der Waals surface area contributed by atoms with Gasteiger partial charge < -0.3 is 5.11 Å². The van der Waals surface area contributed by atoms with E-state index in [-0.39, 0.29) is 11.8 Å². The Hall–Kier alpha value is -3.40. The summed E-state index contributed by atoms with van der Waals surface area (Å²) >= 11 is 0. The normalized spacial score (nSPS) is 12.1. The third kappa shape index (κ3) is 3.66. The van der Waals surface area contributed by atoms with Crippen LogP contribution >= 0.6 is 0 Å². The van der Waals surface area contributed by atoms with Crippen LogP contribution in [0, 0.1) is 27.7 Å². The quantitative estimate of drug-likeness (QED) is 0.509. The summed E-state index contributed by atoms with van der Waals surface area (Å²) < 4.78 is 0. The lowest BCUT2D eigenvalue weighted by Crippen LogP contribution is -2.21. The van der Waals surface area contributed by atoms with Gasteiger partial charge in [-0.15, -0.1) is 0 Å². The summed E-state index contributed by atoms with van der Waals surface area (Å²) in [5.74, 6) is 1.11. The Morgan fingerprint density at radius 2 is 1.69 bits per heavy atom. The third-order valence-corrected chi connectivity index (χ3v) is 5.37. The van der Waals surface area contributed by atoms with Gasteiger partial charge in [-0.3, -0.25) is 10.3 Å². The Bertz CT molecular complexity index is 1180. The van der Waals surface area contributed by atoms with Crippen LogP contribution in [0.4, 0.5) is 5.82 Å². The van der Waals surface area contributed by atoms with E-state index in [1.54, 1.807) is 6.20 Å². The number of aromatic hydroxyl groups is 1. The summed E-state index contributed by atoms with van der Waals surface area (Å²) in [5.41, 5.74) is 7.35. The highest BCUT2D eigenvalue weighted by Gasteiger charge is 2.27. The third-order valence-electron chi connectivity index (χ3n) is 5.37. The summed E-state index contributed by atoms with van der Waals surface area (Å²) in [7, 11) is 0. The molecule has 0 radical (unpaired) electrons. The Kier molecular flexibility index (Phi) is 4.93. The van der Waals surface area contributed by atoms with Crippen LogP contribution in [-0.4, -0.2) is 10.1 Å². The molecule has 146 valence electrons. The molecule has 4 nitrogen and oxygen atoms in total. The number of H-pyrrole nitrogens is 1. The van der Waals surface area contributed by atoms with Gasteiger partial charge in [-0.25, -0.2) is 4.98 Å². The number of aromatic amines is 1. The van der Waals surface area contributed by atoms with E-state index >= 15 is 0 Å². The first-order valence-electron chi connectivity index (χ1n) is 9.83. The molecule has 1 atom stereocenters. The van der Waals surface area contributed by atoms with E-state index in [0.717, 1.165) is 27.9 Å². The van der Waals surface area contributed by atoms with Gasteiger partial charge >= 0.3 is 0 Å². The molecule has 0 aliphatic carbocycles. The van der Waals surface area contributed by atoms with E-state index in [4.69, 9.17) is 0 Å². The highest BCUT2D eigenvalue weighted by molar-refractivity contribution is 5.86. The predicted octanol–water partition coefficient (Wildman–Crippen LogP) is 5.19. The van der Waals surface area contributed by atoms with Crippen molar-refractivity contribution >= 4 is 16.7 Å². The van der Waals surface area contributed by atoms with E-state index in [1.165, 1.54) is 16.7 Å². The minimum atomic E-state index is -0.222. The highest BCUT2D eigenvalue weighted by Crippen LogP contribution is 2.38. The Morgan fingerprint density at radius 1 is 0.931 bits per heavy atom. The van der Waals surface area contributed by atoms with Crippen molar-refractivity contribution in [3.8, 4) is 5.75 Å². The van der Waals surface area contributed by atoms with Crippen molar-refractivity contribution < 1.29 is 10.1 Å². The van der Waals surface area contributed by atoms with Gasteiger partial charge in [0.15, 0.2) is 0 Å². The maximum Gasteiger partial charge on any atom is 0.273 e. The van der Waals surface area contributed by atoms with Crippen molar-refractivity contribution in [1.29, 1.82) is 0 Å². The zero-order chi connectivity index (χ0) is 20.5.